The van der Waals surface area contributed by atoms with Gasteiger partial charge in [0.1, 0.15) is 5.76 Å². The molecule has 0 unspecified atom stereocenters. The van der Waals surface area contributed by atoms with Crippen LogP contribution in [0.3, 0.4) is 0 Å². The van der Waals surface area contributed by atoms with E-state index in [0.717, 1.165) is 44.5 Å². The van der Waals surface area contributed by atoms with E-state index in [9.17, 15) is 18.0 Å². The van der Waals surface area contributed by atoms with Gasteiger partial charge >= 0.3 is 0 Å². The highest BCUT2D eigenvalue weighted by atomic mass is 19.1. The van der Waals surface area contributed by atoms with Gasteiger partial charge in [-0.1, -0.05) is 0 Å². The number of rotatable bonds is 7. The van der Waals surface area contributed by atoms with Crippen molar-refractivity contribution in [3.05, 3.63) is 35.2 Å². The number of hydrogen-bond donors (Lipinski definition) is 1. The number of nitrogens with zero attached hydrogens (tertiary/aromatic N) is 2. The number of carbonyl (C=O) groups is 1. The average molecular weight is 476 g/mol. The Labute approximate surface area is 195 Å². The number of alkyl halides is 1. The lowest BCUT2D eigenvalue weighted by Gasteiger charge is -2.44. The topological polar surface area (TPSA) is 67.6 Å². The first-order valence-electron chi connectivity index (χ1n) is 12.2. The maximum atomic E-state index is 14.7. The smallest absolute Gasteiger partial charge is 0.298 e. The molecule has 2 heterocycles. The van der Waals surface area contributed by atoms with E-state index in [1.54, 1.807) is 0 Å². The third-order valence-electron chi connectivity index (χ3n) is 7.96. The first-order valence-corrected chi connectivity index (χ1v) is 12.2. The first-order chi connectivity index (χ1) is 16.4. The van der Waals surface area contributed by atoms with Crippen molar-refractivity contribution < 1.29 is 27.1 Å². The van der Waals surface area contributed by atoms with Crippen molar-refractivity contribution in [3.8, 4) is 5.75 Å². The van der Waals surface area contributed by atoms with E-state index in [1.165, 1.54) is 25.7 Å². The number of carbonyl (C=O) groups excluding carboxylic acids is 1. The molecule has 4 saturated carbocycles. The van der Waals surface area contributed by atoms with E-state index in [4.69, 9.17) is 9.15 Å². The van der Waals surface area contributed by atoms with Crippen LogP contribution in [0.2, 0.25) is 0 Å². The Balaban J connectivity index is 1.17. The number of fused-ring (bicyclic) bond motifs is 2. The van der Waals surface area contributed by atoms with E-state index in [2.05, 4.69) is 10.3 Å². The standard InChI is InChI=1S/C25H28F3N3O3/c26-5-1-20-21(30-24(34-20)31-6-4-25(13-31)2-3-25)23(32)29-16-11-18(27)22(19(28)12-16)33-17-9-14-7-15(8-14)10-17/h11-12,14-15,17H,1-10,13H2,(H,29,32). The molecule has 0 atom stereocenters. The molecule has 0 radical (unpaired) electrons. The van der Waals surface area contributed by atoms with Gasteiger partial charge in [0, 0.05) is 37.3 Å². The summed E-state index contributed by atoms with van der Waals surface area (Å²) >= 11 is 0. The fourth-order valence-corrected chi connectivity index (χ4v) is 5.89. The van der Waals surface area contributed by atoms with Gasteiger partial charge in [0.25, 0.3) is 11.9 Å². The van der Waals surface area contributed by atoms with Crippen LogP contribution >= 0.6 is 0 Å². The Bertz CT molecular complexity index is 1080. The molecule has 2 aromatic rings. The number of oxazole rings is 1. The number of nitrogens with one attached hydrogen (secondary N) is 1. The number of aryl methyl sites for hydroxylation is 1. The molecular weight excluding hydrogens is 447 g/mol. The maximum Gasteiger partial charge on any atom is 0.298 e. The van der Waals surface area contributed by atoms with Gasteiger partial charge in [-0.25, -0.2) is 8.78 Å². The summed E-state index contributed by atoms with van der Waals surface area (Å²) in [5, 5.41) is 2.48. The van der Waals surface area contributed by atoms with E-state index < -0.39 is 30.0 Å². The van der Waals surface area contributed by atoms with Gasteiger partial charge in [-0.15, -0.1) is 0 Å². The minimum atomic E-state index is -0.869. The van der Waals surface area contributed by atoms with Crippen molar-refractivity contribution in [2.45, 2.75) is 57.5 Å². The summed E-state index contributed by atoms with van der Waals surface area (Å²) in [7, 11) is 0. The molecule has 1 aromatic carbocycles. The summed E-state index contributed by atoms with van der Waals surface area (Å²) in [5.41, 5.74) is 0.202. The van der Waals surface area contributed by atoms with Gasteiger partial charge in [0.2, 0.25) is 0 Å². The molecule has 1 saturated heterocycles. The Morgan fingerprint density at radius 1 is 1.15 bits per heavy atom. The second-order valence-corrected chi connectivity index (χ2v) is 10.5. The highest BCUT2D eigenvalue weighted by Gasteiger charge is 2.48. The van der Waals surface area contributed by atoms with Gasteiger partial charge in [-0.05, 0) is 62.2 Å². The van der Waals surface area contributed by atoms with Crippen LogP contribution in [-0.4, -0.2) is 36.8 Å². The number of aromatic nitrogens is 1. The monoisotopic (exact) mass is 475 g/mol. The van der Waals surface area contributed by atoms with Gasteiger partial charge in [-0.2, -0.15) is 4.98 Å². The van der Waals surface area contributed by atoms with Crippen LogP contribution < -0.4 is 15.0 Å². The minimum Gasteiger partial charge on any atom is -0.484 e. The molecule has 9 heteroatoms. The number of halogens is 3. The third-order valence-corrected chi connectivity index (χ3v) is 7.96. The highest BCUT2D eigenvalue weighted by molar-refractivity contribution is 6.03. The summed E-state index contributed by atoms with van der Waals surface area (Å²) in [6, 6.07) is 2.36. The minimum absolute atomic E-state index is 0.0623. The van der Waals surface area contributed by atoms with Crippen LogP contribution in [0.5, 0.6) is 5.75 Å². The van der Waals surface area contributed by atoms with E-state index >= 15 is 0 Å². The highest BCUT2D eigenvalue weighted by Crippen LogP contribution is 2.53. The van der Waals surface area contributed by atoms with Gasteiger partial charge in [0.05, 0.1) is 12.8 Å². The lowest BCUT2D eigenvalue weighted by molar-refractivity contribution is 0.00932. The zero-order chi connectivity index (χ0) is 23.4. The van der Waals surface area contributed by atoms with Crippen molar-refractivity contribution in [1.29, 1.82) is 0 Å². The van der Waals surface area contributed by atoms with Crippen LogP contribution in [0.4, 0.5) is 24.9 Å². The van der Waals surface area contributed by atoms with E-state index in [-0.39, 0.29) is 29.7 Å². The number of benzene rings is 1. The maximum absolute atomic E-state index is 14.7. The molecule has 34 heavy (non-hydrogen) atoms. The lowest BCUT2D eigenvalue weighted by Crippen LogP contribution is -2.39. The number of hydrogen-bond acceptors (Lipinski definition) is 5. The second kappa shape index (κ2) is 8.20. The summed E-state index contributed by atoms with van der Waals surface area (Å²) in [6.07, 6.45) is 7.11. The predicted octanol–water partition coefficient (Wildman–Crippen LogP) is 5.27. The van der Waals surface area contributed by atoms with Crippen LogP contribution in [-0.2, 0) is 6.42 Å². The Hall–Kier alpha value is -2.71. The Morgan fingerprint density at radius 3 is 2.47 bits per heavy atom. The molecule has 6 nitrogen and oxygen atoms in total. The molecule has 1 aromatic heterocycles. The molecule has 1 N–H and O–H groups in total. The van der Waals surface area contributed by atoms with Crippen molar-refractivity contribution >= 4 is 17.6 Å². The molecule has 1 amide bonds. The van der Waals surface area contributed by atoms with Crippen molar-refractivity contribution in [1.82, 2.24) is 4.98 Å². The van der Waals surface area contributed by atoms with Gasteiger partial charge in [0.15, 0.2) is 23.1 Å². The Morgan fingerprint density at radius 2 is 1.85 bits per heavy atom. The van der Waals surface area contributed by atoms with Crippen LogP contribution in [0.1, 0.15) is 61.2 Å². The molecule has 5 fully saturated rings. The molecule has 1 spiro atoms. The molecular formula is C25H28F3N3O3. The molecule has 2 bridgehead atoms. The van der Waals surface area contributed by atoms with Crippen molar-refractivity contribution in [3.63, 3.8) is 0 Å². The Kier molecular flexibility index (Phi) is 5.26. The van der Waals surface area contributed by atoms with Crippen LogP contribution in [0, 0.1) is 28.9 Å². The second-order valence-electron chi connectivity index (χ2n) is 10.5. The number of anilines is 2. The number of amides is 1. The fourth-order valence-electron chi connectivity index (χ4n) is 5.89. The molecule has 5 aliphatic rings. The quantitative estimate of drug-likeness (QED) is 0.591. The van der Waals surface area contributed by atoms with Crippen molar-refractivity contribution in [2.75, 3.05) is 30.0 Å². The summed E-state index contributed by atoms with van der Waals surface area (Å²) < 4.78 is 53.9. The van der Waals surface area contributed by atoms with Crippen molar-refractivity contribution in [2.24, 2.45) is 17.3 Å². The molecule has 1 aliphatic heterocycles. The molecule has 182 valence electrons. The normalized spacial score (nSPS) is 26.4. The average Bonchev–Trinajstić information content (AvgIpc) is 3.21. The zero-order valence-corrected chi connectivity index (χ0v) is 18.9. The lowest BCUT2D eigenvalue weighted by atomic mass is 9.64. The molecule has 4 aliphatic carbocycles. The number of ether oxygens (including phenoxy) is 1. The van der Waals surface area contributed by atoms with E-state index in [1.807, 2.05) is 4.90 Å². The van der Waals surface area contributed by atoms with Gasteiger partial charge < -0.3 is 19.4 Å². The zero-order valence-electron chi connectivity index (χ0n) is 18.9. The van der Waals surface area contributed by atoms with Crippen LogP contribution in [0.25, 0.3) is 0 Å². The molecule has 7 rings (SSSR count). The van der Waals surface area contributed by atoms with E-state index in [0.29, 0.717) is 23.3 Å². The van der Waals surface area contributed by atoms with Gasteiger partial charge in [-0.3, -0.25) is 9.18 Å². The predicted molar refractivity (Wildman–Crippen MR) is 119 cm³/mol. The summed E-state index contributed by atoms with van der Waals surface area (Å²) in [4.78, 5) is 19.2. The third kappa shape index (κ3) is 4.03. The summed E-state index contributed by atoms with van der Waals surface area (Å²) in [6.45, 7) is 0.873. The largest absolute Gasteiger partial charge is 0.484 e. The fraction of sp³-hybridized carbons (Fsp3) is 0.600. The SMILES string of the molecule is O=C(Nc1cc(F)c(OC2CC3CC(C3)C2)c(F)c1)c1nc(N2CCC3(CC3)C2)oc1CCF. The summed E-state index contributed by atoms with van der Waals surface area (Å²) in [5.74, 6) is -1.53. The van der Waals surface area contributed by atoms with Crippen LogP contribution in [0.15, 0.2) is 16.5 Å². The first kappa shape index (κ1) is 21.8.